The van der Waals surface area contributed by atoms with Gasteiger partial charge >= 0.3 is 6.18 Å². The Labute approximate surface area is 167 Å². The van der Waals surface area contributed by atoms with Gasteiger partial charge in [-0.05, 0) is 65.3 Å². The summed E-state index contributed by atoms with van der Waals surface area (Å²) in [4.78, 5) is 3.91. The fourth-order valence-corrected chi connectivity index (χ4v) is 3.16. The summed E-state index contributed by atoms with van der Waals surface area (Å²) in [5.74, 6) is 0. The summed E-state index contributed by atoms with van der Waals surface area (Å²) >= 11 is 0. The summed E-state index contributed by atoms with van der Waals surface area (Å²) in [7, 11) is 0. The van der Waals surface area contributed by atoms with Crippen LogP contribution in [0.1, 0.15) is 11.1 Å². The van der Waals surface area contributed by atoms with Crippen molar-refractivity contribution < 1.29 is 13.2 Å². The summed E-state index contributed by atoms with van der Waals surface area (Å²) < 4.78 is 38.1. The van der Waals surface area contributed by atoms with E-state index >= 15 is 0 Å². The molecule has 0 atom stereocenters. The lowest BCUT2D eigenvalue weighted by molar-refractivity contribution is -0.137. The molecule has 146 valence electrons. The average molecular weight is 392 g/mol. The van der Waals surface area contributed by atoms with Gasteiger partial charge in [0.25, 0.3) is 0 Å². The molecule has 4 rings (SSSR count). The number of rotatable bonds is 3. The summed E-state index contributed by atoms with van der Waals surface area (Å²) in [6, 6.07) is 15.4. The Hall–Kier alpha value is -3.47. The molecule has 0 amide bonds. The first-order valence-electron chi connectivity index (χ1n) is 9.21. The summed E-state index contributed by atoms with van der Waals surface area (Å²) in [6.45, 7) is 0.809. The fourth-order valence-electron chi connectivity index (χ4n) is 3.16. The highest BCUT2D eigenvalue weighted by atomic mass is 19.4. The van der Waals surface area contributed by atoms with Crippen LogP contribution in [0.4, 0.5) is 18.9 Å². The van der Waals surface area contributed by atoms with Crippen LogP contribution in [-0.2, 0) is 12.7 Å². The maximum atomic E-state index is 12.7. The van der Waals surface area contributed by atoms with E-state index in [1.165, 1.54) is 17.7 Å². The van der Waals surface area contributed by atoms with Crippen LogP contribution in [0.5, 0.6) is 0 Å². The molecule has 2 aliphatic rings. The van der Waals surface area contributed by atoms with Crippen molar-refractivity contribution in [3.05, 3.63) is 126 Å². The first-order valence-corrected chi connectivity index (χ1v) is 9.21. The number of hydrogen-bond acceptors (Lipinski definition) is 2. The number of anilines is 1. The van der Waals surface area contributed by atoms with Crippen molar-refractivity contribution in [1.82, 2.24) is 4.90 Å². The second-order valence-corrected chi connectivity index (χ2v) is 6.78. The SMILES string of the molecule is FC(F)(F)c1ccc(N2C=CC(=C3C=CN(Cc4ccccc4)C=C3)C=C2)cc1. The highest BCUT2D eigenvalue weighted by molar-refractivity contribution is 5.59. The monoisotopic (exact) mass is 392 g/mol. The van der Waals surface area contributed by atoms with Crippen LogP contribution in [0.15, 0.2) is 115 Å². The number of halogens is 3. The minimum Gasteiger partial charge on any atom is -0.350 e. The molecule has 0 unspecified atom stereocenters. The van der Waals surface area contributed by atoms with Crippen molar-refractivity contribution >= 4 is 5.69 Å². The maximum Gasteiger partial charge on any atom is 0.416 e. The third kappa shape index (κ3) is 4.51. The molecule has 29 heavy (non-hydrogen) atoms. The molecule has 0 spiro atoms. The van der Waals surface area contributed by atoms with Crippen LogP contribution in [0.3, 0.4) is 0 Å². The van der Waals surface area contributed by atoms with E-state index < -0.39 is 11.7 Å². The molecular formula is C24H19F3N2. The lowest BCUT2D eigenvalue weighted by atomic mass is 10.0. The van der Waals surface area contributed by atoms with Crippen LogP contribution >= 0.6 is 0 Å². The Balaban J connectivity index is 1.42. The number of hydrogen-bond donors (Lipinski definition) is 0. The van der Waals surface area contributed by atoms with Crippen LogP contribution in [0.25, 0.3) is 0 Å². The van der Waals surface area contributed by atoms with E-state index in [9.17, 15) is 13.2 Å². The van der Waals surface area contributed by atoms with E-state index in [1.807, 2.05) is 55.2 Å². The third-order valence-corrected chi connectivity index (χ3v) is 4.75. The predicted molar refractivity (Wildman–Crippen MR) is 109 cm³/mol. The van der Waals surface area contributed by atoms with E-state index in [4.69, 9.17) is 0 Å². The van der Waals surface area contributed by atoms with Crippen molar-refractivity contribution in [2.24, 2.45) is 0 Å². The molecule has 2 heterocycles. The lowest BCUT2D eigenvalue weighted by Crippen LogP contribution is -2.13. The Morgan fingerprint density at radius 1 is 0.655 bits per heavy atom. The molecule has 0 bridgehead atoms. The van der Waals surface area contributed by atoms with E-state index in [0.717, 1.165) is 29.8 Å². The summed E-state index contributed by atoms with van der Waals surface area (Å²) in [5, 5.41) is 0. The van der Waals surface area contributed by atoms with Crippen LogP contribution < -0.4 is 4.90 Å². The lowest BCUT2D eigenvalue weighted by Gasteiger charge is -2.22. The van der Waals surface area contributed by atoms with E-state index in [0.29, 0.717) is 5.69 Å². The van der Waals surface area contributed by atoms with Crippen molar-refractivity contribution in [2.75, 3.05) is 4.90 Å². The standard InChI is InChI=1S/C24H19F3N2/c25-24(26,27)22-6-8-23(9-7-22)29-16-12-21(13-17-29)20-10-14-28(15-11-20)18-19-4-2-1-3-5-19/h1-17H,18H2. The fraction of sp³-hybridized carbons (Fsp3) is 0.0833. The molecule has 0 aromatic heterocycles. The smallest absolute Gasteiger partial charge is 0.350 e. The van der Waals surface area contributed by atoms with E-state index in [-0.39, 0.29) is 0 Å². The van der Waals surface area contributed by atoms with Gasteiger partial charge in [-0.3, -0.25) is 0 Å². The number of allylic oxidation sites excluding steroid dienone is 6. The number of alkyl halides is 3. The van der Waals surface area contributed by atoms with Gasteiger partial charge in [-0.1, -0.05) is 30.3 Å². The van der Waals surface area contributed by atoms with Gasteiger partial charge in [0.2, 0.25) is 0 Å². The van der Waals surface area contributed by atoms with Crippen molar-refractivity contribution in [2.45, 2.75) is 12.7 Å². The average Bonchev–Trinajstić information content (AvgIpc) is 2.75. The highest BCUT2D eigenvalue weighted by Crippen LogP contribution is 2.31. The molecule has 0 saturated heterocycles. The van der Waals surface area contributed by atoms with Crippen LogP contribution in [0.2, 0.25) is 0 Å². The van der Waals surface area contributed by atoms with Gasteiger partial charge in [0.1, 0.15) is 0 Å². The van der Waals surface area contributed by atoms with E-state index in [2.05, 4.69) is 29.2 Å². The minimum atomic E-state index is -4.32. The molecule has 0 aliphatic carbocycles. The molecule has 0 N–H and O–H groups in total. The van der Waals surface area contributed by atoms with Gasteiger partial charge in [-0.2, -0.15) is 13.2 Å². The Morgan fingerprint density at radius 3 is 1.76 bits per heavy atom. The van der Waals surface area contributed by atoms with Gasteiger partial charge in [-0.15, -0.1) is 0 Å². The quantitative estimate of drug-likeness (QED) is 0.597. The third-order valence-electron chi connectivity index (χ3n) is 4.75. The zero-order valence-corrected chi connectivity index (χ0v) is 15.6. The Bertz CT molecular complexity index is 978. The maximum absolute atomic E-state index is 12.7. The van der Waals surface area contributed by atoms with Gasteiger partial charge in [0, 0.05) is 37.0 Å². The number of nitrogens with zero attached hydrogens (tertiary/aromatic N) is 2. The van der Waals surface area contributed by atoms with Gasteiger partial charge < -0.3 is 9.80 Å². The second kappa shape index (κ2) is 7.87. The van der Waals surface area contributed by atoms with Crippen molar-refractivity contribution in [3.63, 3.8) is 0 Å². The molecule has 0 radical (unpaired) electrons. The van der Waals surface area contributed by atoms with Gasteiger partial charge in [-0.25, -0.2) is 0 Å². The Kier molecular flexibility index (Phi) is 5.12. The topological polar surface area (TPSA) is 6.48 Å². The second-order valence-electron chi connectivity index (χ2n) is 6.78. The van der Waals surface area contributed by atoms with Gasteiger partial charge in [0.15, 0.2) is 0 Å². The number of benzene rings is 2. The van der Waals surface area contributed by atoms with E-state index in [1.54, 1.807) is 4.90 Å². The molecule has 2 aromatic rings. The van der Waals surface area contributed by atoms with Crippen LogP contribution in [0, 0.1) is 0 Å². The summed E-state index contributed by atoms with van der Waals surface area (Å²) in [6.07, 6.45) is 11.5. The molecule has 5 heteroatoms. The highest BCUT2D eigenvalue weighted by Gasteiger charge is 2.30. The predicted octanol–water partition coefficient (Wildman–Crippen LogP) is 6.39. The van der Waals surface area contributed by atoms with Gasteiger partial charge in [0.05, 0.1) is 5.56 Å². The zero-order valence-electron chi connectivity index (χ0n) is 15.6. The normalized spacial score (nSPS) is 16.1. The minimum absolute atomic E-state index is 0.647. The molecule has 2 aromatic carbocycles. The Morgan fingerprint density at radius 2 is 1.21 bits per heavy atom. The first-order chi connectivity index (χ1) is 14.0. The molecule has 2 nitrogen and oxygen atoms in total. The first kappa shape index (κ1) is 18.9. The molecule has 0 saturated carbocycles. The molecule has 2 aliphatic heterocycles. The summed E-state index contributed by atoms with van der Waals surface area (Å²) in [5.41, 5.74) is 3.39. The molecule has 0 fully saturated rings. The molecular weight excluding hydrogens is 373 g/mol. The van der Waals surface area contributed by atoms with Crippen LogP contribution in [-0.4, -0.2) is 4.90 Å². The van der Waals surface area contributed by atoms with Crippen molar-refractivity contribution in [1.29, 1.82) is 0 Å². The largest absolute Gasteiger partial charge is 0.416 e. The zero-order chi connectivity index (χ0) is 20.3. The van der Waals surface area contributed by atoms with Crippen molar-refractivity contribution in [3.8, 4) is 0 Å².